The van der Waals surface area contributed by atoms with Gasteiger partial charge in [0, 0.05) is 37.0 Å². The summed E-state index contributed by atoms with van der Waals surface area (Å²) in [6.07, 6.45) is 8.51. The van der Waals surface area contributed by atoms with Crippen molar-refractivity contribution in [1.29, 1.82) is 0 Å². The van der Waals surface area contributed by atoms with Crippen LogP contribution in [0.2, 0.25) is 0 Å². The number of amides is 2. The predicted molar refractivity (Wildman–Crippen MR) is 115 cm³/mol. The highest BCUT2D eigenvalue weighted by atomic mass is 79.9. The lowest BCUT2D eigenvalue weighted by atomic mass is 9.91. The van der Waals surface area contributed by atoms with Gasteiger partial charge in [0.05, 0.1) is 17.2 Å². The predicted octanol–water partition coefficient (Wildman–Crippen LogP) is 2.97. The SMILES string of the molecule is O=C(CBr)N[C@H]1CC[C@H](Nc2ncc(F)c(C3CCCN(C(=O)C4CC4)C3)n2)CC1. The molecule has 164 valence electrons. The molecule has 2 saturated carbocycles. The molecule has 2 aliphatic carbocycles. The summed E-state index contributed by atoms with van der Waals surface area (Å²) in [5.41, 5.74) is 0.416. The second-order valence-corrected chi connectivity index (χ2v) is 9.28. The summed E-state index contributed by atoms with van der Waals surface area (Å²) >= 11 is 3.17. The number of likely N-dealkylation sites (tertiary alicyclic amines) is 1. The van der Waals surface area contributed by atoms with Gasteiger partial charge in [0.2, 0.25) is 17.8 Å². The Morgan fingerprint density at radius 2 is 1.87 bits per heavy atom. The summed E-state index contributed by atoms with van der Waals surface area (Å²) in [7, 11) is 0. The Balaban J connectivity index is 1.35. The van der Waals surface area contributed by atoms with E-state index in [-0.39, 0.29) is 35.7 Å². The van der Waals surface area contributed by atoms with Crippen LogP contribution in [0.15, 0.2) is 6.20 Å². The fraction of sp³-hybridized carbons (Fsp3) is 0.714. The first-order valence-corrected chi connectivity index (χ1v) is 12.1. The summed E-state index contributed by atoms with van der Waals surface area (Å²) in [6.45, 7) is 1.31. The van der Waals surface area contributed by atoms with E-state index in [9.17, 15) is 14.0 Å². The fourth-order valence-electron chi connectivity index (χ4n) is 4.56. The van der Waals surface area contributed by atoms with Crippen LogP contribution in [0.1, 0.15) is 63.0 Å². The number of carbonyl (C=O) groups excluding carboxylic acids is 2. The Labute approximate surface area is 184 Å². The maximum atomic E-state index is 14.5. The average molecular weight is 482 g/mol. The van der Waals surface area contributed by atoms with E-state index in [4.69, 9.17) is 0 Å². The van der Waals surface area contributed by atoms with E-state index in [1.807, 2.05) is 4.90 Å². The number of anilines is 1. The molecule has 1 saturated heterocycles. The van der Waals surface area contributed by atoms with Crippen molar-refractivity contribution in [3.05, 3.63) is 17.7 Å². The molecule has 1 aromatic heterocycles. The molecule has 0 radical (unpaired) electrons. The van der Waals surface area contributed by atoms with Gasteiger partial charge in [0.15, 0.2) is 5.82 Å². The number of hydrogen-bond donors (Lipinski definition) is 2. The lowest BCUT2D eigenvalue weighted by Gasteiger charge is -2.33. The van der Waals surface area contributed by atoms with Gasteiger partial charge in [-0.1, -0.05) is 15.9 Å². The molecule has 1 aliphatic heterocycles. The van der Waals surface area contributed by atoms with E-state index in [1.54, 1.807) is 0 Å². The molecule has 9 heteroatoms. The Hall–Kier alpha value is -1.77. The highest BCUT2D eigenvalue weighted by Gasteiger charge is 2.36. The molecule has 1 aromatic rings. The van der Waals surface area contributed by atoms with Crippen molar-refractivity contribution in [3.8, 4) is 0 Å². The summed E-state index contributed by atoms with van der Waals surface area (Å²) < 4.78 is 14.5. The van der Waals surface area contributed by atoms with Crippen molar-refractivity contribution < 1.29 is 14.0 Å². The van der Waals surface area contributed by atoms with Gasteiger partial charge in [-0.2, -0.15) is 0 Å². The number of carbonyl (C=O) groups is 2. The fourth-order valence-corrected chi connectivity index (χ4v) is 4.72. The second kappa shape index (κ2) is 9.58. The Morgan fingerprint density at radius 1 is 1.13 bits per heavy atom. The van der Waals surface area contributed by atoms with Crippen LogP contribution in [0.5, 0.6) is 0 Å². The van der Waals surface area contributed by atoms with E-state index < -0.39 is 5.82 Å². The van der Waals surface area contributed by atoms with E-state index in [0.717, 1.165) is 57.9 Å². The van der Waals surface area contributed by atoms with Crippen LogP contribution in [0.3, 0.4) is 0 Å². The molecule has 7 nitrogen and oxygen atoms in total. The van der Waals surface area contributed by atoms with Crippen molar-refractivity contribution in [3.63, 3.8) is 0 Å². The minimum atomic E-state index is -0.396. The second-order valence-electron chi connectivity index (χ2n) is 8.72. The van der Waals surface area contributed by atoms with Gasteiger partial charge >= 0.3 is 0 Å². The van der Waals surface area contributed by atoms with Gasteiger partial charge in [0.25, 0.3) is 0 Å². The van der Waals surface area contributed by atoms with Crippen molar-refractivity contribution in [2.75, 3.05) is 23.7 Å². The Morgan fingerprint density at radius 3 is 2.57 bits per heavy atom. The number of alkyl halides is 1. The van der Waals surface area contributed by atoms with E-state index >= 15 is 0 Å². The van der Waals surface area contributed by atoms with Gasteiger partial charge in [-0.15, -0.1) is 0 Å². The number of nitrogens with zero attached hydrogens (tertiary/aromatic N) is 3. The zero-order valence-corrected chi connectivity index (χ0v) is 18.7. The summed E-state index contributed by atoms with van der Waals surface area (Å²) in [6, 6.07) is 0.412. The standard InChI is InChI=1S/C21H29BrFN5O2/c22-10-18(29)25-15-5-7-16(8-6-15)26-21-24-11-17(23)19(27-21)14-2-1-9-28(12-14)20(30)13-3-4-13/h11,13-16H,1-10,12H2,(H,25,29)(H,24,26,27)/t14?,15-,16-. The quantitative estimate of drug-likeness (QED) is 0.609. The number of halogens is 2. The summed E-state index contributed by atoms with van der Waals surface area (Å²) in [4.78, 5) is 34.5. The molecule has 3 aliphatic rings. The van der Waals surface area contributed by atoms with E-state index in [2.05, 4.69) is 36.5 Å². The number of rotatable bonds is 6. The van der Waals surface area contributed by atoms with Gasteiger partial charge in [-0.3, -0.25) is 9.59 Å². The minimum Gasteiger partial charge on any atom is -0.353 e. The molecular formula is C21H29BrFN5O2. The van der Waals surface area contributed by atoms with Crippen LogP contribution in [0, 0.1) is 11.7 Å². The average Bonchev–Trinajstić information content (AvgIpc) is 3.61. The maximum Gasteiger partial charge on any atom is 0.230 e. The van der Waals surface area contributed by atoms with E-state index in [0.29, 0.717) is 23.5 Å². The van der Waals surface area contributed by atoms with Crippen molar-refractivity contribution >= 4 is 33.7 Å². The monoisotopic (exact) mass is 481 g/mol. The van der Waals surface area contributed by atoms with Gasteiger partial charge in [0.1, 0.15) is 0 Å². The molecule has 3 fully saturated rings. The molecule has 0 bridgehead atoms. The van der Waals surface area contributed by atoms with Crippen molar-refractivity contribution in [2.24, 2.45) is 5.92 Å². The van der Waals surface area contributed by atoms with Crippen molar-refractivity contribution in [1.82, 2.24) is 20.2 Å². The zero-order valence-electron chi connectivity index (χ0n) is 17.1. The van der Waals surface area contributed by atoms with Crippen molar-refractivity contribution in [2.45, 2.75) is 69.4 Å². The molecule has 1 atom stereocenters. The number of nitrogens with one attached hydrogen (secondary N) is 2. The molecule has 30 heavy (non-hydrogen) atoms. The molecule has 4 rings (SSSR count). The summed E-state index contributed by atoms with van der Waals surface area (Å²) in [5, 5.41) is 6.68. The molecule has 1 unspecified atom stereocenters. The van der Waals surface area contributed by atoms with Gasteiger partial charge in [-0.05, 0) is 51.4 Å². The van der Waals surface area contributed by atoms with Crippen LogP contribution in [-0.2, 0) is 9.59 Å². The third-order valence-corrected chi connectivity index (χ3v) is 6.87. The smallest absolute Gasteiger partial charge is 0.230 e. The first kappa shape index (κ1) is 21.5. The molecule has 2 amide bonds. The van der Waals surface area contributed by atoms with Gasteiger partial charge < -0.3 is 15.5 Å². The molecule has 0 aromatic carbocycles. The number of piperidine rings is 1. The van der Waals surface area contributed by atoms with Crippen LogP contribution >= 0.6 is 15.9 Å². The van der Waals surface area contributed by atoms with Crippen LogP contribution in [0.4, 0.5) is 10.3 Å². The summed E-state index contributed by atoms with van der Waals surface area (Å²) in [5.74, 6) is 0.388. The molecule has 2 N–H and O–H groups in total. The first-order chi connectivity index (χ1) is 14.5. The molecule has 0 spiro atoms. The minimum absolute atomic E-state index is 0.0135. The number of hydrogen-bond acceptors (Lipinski definition) is 5. The highest BCUT2D eigenvalue weighted by Crippen LogP contribution is 2.34. The topological polar surface area (TPSA) is 87.2 Å². The largest absolute Gasteiger partial charge is 0.353 e. The lowest BCUT2D eigenvalue weighted by molar-refractivity contribution is -0.133. The Kier molecular flexibility index (Phi) is 6.85. The Bertz CT molecular complexity index is 783. The normalized spacial score (nSPS) is 26.9. The third kappa shape index (κ3) is 5.28. The molecule has 2 heterocycles. The number of aromatic nitrogens is 2. The molecular weight excluding hydrogens is 453 g/mol. The maximum absolute atomic E-state index is 14.5. The van der Waals surface area contributed by atoms with Crippen LogP contribution < -0.4 is 10.6 Å². The van der Waals surface area contributed by atoms with Crippen LogP contribution in [-0.4, -0.2) is 57.2 Å². The zero-order chi connectivity index (χ0) is 21.1. The first-order valence-electron chi connectivity index (χ1n) is 11.0. The lowest BCUT2D eigenvalue weighted by Crippen LogP contribution is -2.41. The van der Waals surface area contributed by atoms with Crippen LogP contribution in [0.25, 0.3) is 0 Å². The third-order valence-electron chi connectivity index (χ3n) is 6.36. The van der Waals surface area contributed by atoms with E-state index in [1.165, 1.54) is 6.20 Å². The highest BCUT2D eigenvalue weighted by molar-refractivity contribution is 9.09. The van der Waals surface area contributed by atoms with Gasteiger partial charge in [-0.25, -0.2) is 14.4 Å².